The zero-order valence-corrected chi connectivity index (χ0v) is 18.1. The molecule has 0 aliphatic heterocycles. The van der Waals surface area contributed by atoms with Gasteiger partial charge in [-0.15, -0.1) is 0 Å². The Kier molecular flexibility index (Phi) is 10.3. The number of hydrogen-bond acceptors (Lipinski definition) is 7. The second kappa shape index (κ2) is 12.2. The molecule has 0 aliphatic carbocycles. The Morgan fingerprint density at radius 2 is 1.63 bits per heavy atom. The van der Waals surface area contributed by atoms with Crippen LogP contribution in [0.15, 0.2) is 12.5 Å². The van der Waals surface area contributed by atoms with Crippen molar-refractivity contribution in [3.05, 3.63) is 18.2 Å². The van der Waals surface area contributed by atoms with Gasteiger partial charge in [0.15, 0.2) is 0 Å². The largest absolute Gasteiger partial charge is 0.480 e. The smallest absolute Gasteiger partial charge is 0.326 e. The van der Waals surface area contributed by atoms with E-state index in [-0.39, 0.29) is 24.5 Å². The van der Waals surface area contributed by atoms with Gasteiger partial charge in [0.2, 0.25) is 17.7 Å². The third-order valence-electron chi connectivity index (χ3n) is 4.16. The molecule has 12 heteroatoms. The molecule has 0 spiro atoms. The fourth-order valence-corrected chi connectivity index (χ4v) is 2.82. The van der Waals surface area contributed by atoms with Crippen molar-refractivity contribution in [2.75, 3.05) is 5.75 Å². The van der Waals surface area contributed by atoms with E-state index in [1.165, 1.54) is 19.4 Å². The van der Waals surface area contributed by atoms with Crippen molar-refractivity contribution >= 4 is 36.3 Å². The summed E-state index contributed by atoms with van der Waals surface area (Å²) >= 11 is 4.09. The Balaban J connectivity index is 2.87. The van der Waals surface area contributed by atoms with Gasteiger partial charge in [0, 0.05) is 24.1 Å². The zero-order valence-electron chi connectivity index (χ0n) is 17.2. The molecule has 1 aromatic heterocycles. The molecule has 1 rings (SSSR count). The van der Waals surface area contributed by atoms with Gasteiger partial charge in [-0.2, -0.15) is 12.6 Å². The molecule has 1 aromatic rings. The molecule has 0 bridgehead atoms. The first-order chi connectivity index (χ1) is 14.0. The van der Waals surface area contributed by atoms with Gasteiger partial charge in [0.05, 0.1) is 12.4 Å². The highest BCUT2D eigenvalue weighted by Crippen LogP contribution is 2.06. The van der Waals surface area contributed by atoms with Crippen molar-refractivity contribution in [1.29, 1.82) is 0 Å². The lowest BCUT2D eigenvalue weighted by Crippen LogP contribution is -2.58. The Bertz CT molecular complexity index is 725. The third-order valence-corrected chi connectivity index (χ3v) is 4.53. The number of amides is 3. The molecule has 0 radical (unpaired) electrons. The summed E-state index contributed by atoms with van der Waals surface area (Å²) in [7, 11) is 0. The number of imidazole rings is 1. The van der Waals surface area contributed by atoms with Crippen LogP contribution < -0.4 is 21.7 Å². The molecule has 3 amide bonds. The second-order valence-corrected chi connectivity index (χ2v) is 7.77. The van der Waals surface area contributed by atoms with Crippen LogP contribution in [0.3, 0.4) is 0 Å². The molecule has 0 saturated carbocycles. The van der Waals surface area contributed by atoms with Crippen LogP contribution >= 0.6 is 12.6 Å². The lowest BCUT2D eigenvalue weighted by Gasteiger charge is -2.24. The summed E-state index contributed by atoms with van der Waals surface area (Å²) in [6, 6.07) is -4.04. The fraction of sp³-hybridized carbons (Fsp3) is 0.611. The van der Waals surface area contributed by atoms with Crippen LogP contribution in [-0.4, -0.2) is 68.7 Å². The first-order valence-electron chi connectivity index (χ1n) is 9.52. The normalized spacial score (nSPS) is 15.0. The van der Waals surface area contributed by atoms with Gasteiger partial charge in [0.1, 0.15) is 18.1 Å². The van der Waals surface area contributed by atoms with E-state index in [9.17, 15) is 24.3 Å². The number of nitrogens with one attached hydrogen (secondary N) is 4. The molecular formula is C18H30N6O5S. The van der Waals surface area contributed by atoms with Crippen LogP contribution in [0.2, 0.25) is 0 Å². The number of carboxylic acid groups (broad SMARTS) is 1. The van der Waals surface area contributed by atoms with Crippen molar-refractivity contribution < 1.29 is 24.3 Å². The van der Waals surface area contributed by atoms with E-state index in [4.69, 9.17) is 5.73 Å². The Morgan fingerprint density at radius 1 is 1.07 bits per heavy atom. The minimum atomic E-state index is -1.16. The van der Waals surface area contributed by atoms with Crippen LogP contribution in [0, 0.1) is 5.92 Å². The summed E-state index contributed by atoms with van der Waals surface area (Å²) in [5.74, 6) is -3.03. The van der Waals surface area contributed by atoms with E-state index in [0.717, 1.165) is 0 Å². The first kappa shape index (κ1) is 25.4. The van der Waals surface area contributed by atoms with Crippen molar-refractivity contribution in [1.82, 2.24) is 25.9 Å². The summed E-state index contributed by atoms with van der Waals surface area (Å²) in [5.41, 5.74) is 6.15. The number of thiol groups is 1. The Labute approximate surface area is 180 Å². The molecule has 0 fully saturated rings. The van der Waals surface area contributed by atoms with E-state index < -0.39 is 47.9 Å². The predicted molar refractivity (Wildman–Crippen MR) is 113 cm³/mol. The number of aromatic amines is 1. The SMILES string of the molecule is CC(C)CC(NC(=O)C(CS)NC(=O)C(Cc1cnc[nH]1)NC(=O)C(C)N)C(=O)O. The number of hydrogen-bond donors (Lipinski definition) is 7. The van der Waals surface area contributed by atoms with Crippen molar-refractivity contribution in [2.24, 2.45) is 11.7 Å². The van der Waals surface area contributed by atoms with Crippen molar-refractivity contribution in [2.45, 2.75) is 57.8 Å². The molecule has 7 N–H and O–H groups in total. The van der Waals surface area contributed by atoms with Crippen molar-refractivity contribution in [3.8, 4) is 0 Å². The van der Waals surface area contributed by atoms with Crippen LogP contribution in [-0.2, 0) is 25.6 Å². The molecule has 1 heterocycles. The number of carbonyl (C=O) groups is 4. The van der Waals surface area contributed by atoms with Gasteiger partial charge in [0.25, 0.3) is 0 Å². The number of rotatable bonds is 12. The quantitative estimate of drug-likeness (QED) is 0.199. The van der Waals surface area contributed by atoms with E-state index in [1.54, 1.807) is 0 Å². The maximum absolute atomic E-state index is 12.8. The molecule has 4 unspecified atom stereocenters. The molecule has 168 valence electrons. The Hall–Kier alpha value is -2.60. The topological polar surface area (TPSA) is 179 Å². The third kappa shape index (κ3) is 8.41. The van der Waals surface area contributed by atoms with Gasteiger partial charge < -0.3 is 31.8 Å². The summed E-state index contributed by atoms with van der Waals surface area (Å²) in [6.07, 6.45) is 3.27. The fourth-order valence-electron chi connectivity index (χ4n) is 2.56. The maximum Gasteiger partial charge on any atom is 0.326 e. The molecule has 0 saturated heterocycles. The van der Waals surface area contributed by atoms with E-state index in [2.05, 4.69) is 38.5 Å². The monoisotopic (exact) mass is 442 g/mol. The molecule has 0 aliphatic rings. The number of nitrogens with two attached hydrogens (primary N) is 1. The minimum absolute atomic E-state index is 0.0442. The molecule has 30 heavy (non-hydrogen) atoms. The minimum Gasteiger partial charge on any atom is -0.480 e. The predicted octanol–water partition coefficient (Wildman–Crippen LogP) is -1.19. The second-order valence-electron chi connectivity index (χ2n) is 7.40. The van der Waals surface area contributed by atoms with Gasteiger partial charge in [-0.3, -0.25) is 14.4 Å². The number of aliphatic carboxylic acids is 1. The lowest BCUT2D eigenvalue weighted by molar-refractivity contribution is -0.142. The number of carboxylic acids is 1. The van der Waals surface area contributed by atoms with Gasteiger partial charge in [-0.05, 0) is 19.3 Å². The number of nitrogens with zero attached hydrogens (tertiary/aromatic N) is 1. The average Bonchev–Trinajstić information content (AvgIpc) is 3.17. The maximum atomic E-state index is 12.8. The highest BCUT2D eigenvalue weighted by molar-refractivity contribution is 7.80. The highest BCUT2D eigenvalue weighted by atomic mass is 32.1. The summed E-state index contributed by atoms with van der Waals surface area (Å²) in [5, 5.41) is 16.8. The molecule has 11 nitrogen and oxygen atoms in total. The van der Waals surface area contributed by atoms with Crippen LogP contribution in [0.5, 0.6) is 0 Å². The highest BCUT2D eigenvalue weighted by Gasteiger charge is 2.29. The number of aromatic nitrogens is 2. The number of carbonyl (C=O) groups excluding carboxylic acids is 3. The van der Waals surface area contributed by atoms with E-state index >= 15 is 0 Å². The average molecular weight is 443 g/mol. The first-order valence-corrected chi connectivity index (χ1v) is 10.2. The summed E-state index contributed by atoms with van der Waals surface area (Å²) < 4.78 is 0. The molecular weight excluding hydrogens is 412 g/mol. The number of H-pyrrole nitrogens is 1. The van der Waals surface area contributed by atoms with Gasteiger partial charge in [-0.1, -0.05) is 13.8 Å². The van der Waals surface area contributed by atoms with Crippen LogP contribution in [0.25, 0.3) is 0 Å². The molecule has 4 atom stereocenters. The molecule has 0 aromatic carbocycles. The zero-order chi connectivity index (χ0) is 22.8. The van der Waals surface area contributed by atoms with Crippen LogP contribution in [0.4, 0.5) is 0 Å². The van der Waals surface area contributed by atoms with Gasteiger partial charge >= 0.3 is 5.97 Å². The summed E-state index contributed by atoms with van der Waals surface area (Å²) in [6.45, 7) is 5.15. The van der Waals surface area contributed by atoms with E-state index in [0.29, 0.717) is 5.69 Å². The van der Waals surface area contributed by atoms with Gasteiger partial charge in [-0.25, -0.2) is 9.78 Å². The Morgan fingerprint density at radius 3 is 2.10 bits per heavy atom. The standard InChI is InChI=1S/C18H30N6O5S/c1-9(2)4-13(18(28)29)23-17(27)14(7-30)24-16(26)12(22-15(25)10(3)19)5-11-6-20-8-21-11/h6,8-10,12-14,30H,4-5,7,19H2,1-3H3,(H,20,21)(H,22,25)(H,23,27)(H,24,26)(H,28,29). The lowest BCUT2D eigenvalue weighted by atomic mass is 10.0. The van der Waals surface area contributed by atoms with E-state index in [1.807, 2.05) is 13.8 Å². The van der Waals surface area contributed by atoms with Crippen LogP contribution in [0.1, 0.15) is 32.9 Å². The summed E-state index contributed by atoms with van der Waals surface area (Å²) in [4.78, 5) is 55.4. The van der Waals surface area contributed by atoms with Crippen molar-refractivity contribution in [3.63, 3.8) is 0 Å².